The zero-order chi connectivity index (χ0) is 22.5. The Balaban J connectivity index is 1.50. The highest BCUT2D eigenvalue weighted by molar-refractivity contribution is 5.68. The van der Waals surface area contributed by atoms with Gasteiger partial charge in [0, 0.05) is 12.6 Å². The van der Waals surface area contributed by atoms with Crippen LogP contribution in [0.1, 0.15) is 36.4 Å². The minimum Gasteiger partial charge on any atom is -0.302 e. The predicted octanol–water partition coefficient (Wildman–Crippen LogP) is 7.32. The first kappa shape index (κ1) is 21.4. The minimum atomic E-state index is -0.0621. The van der Waals surface area contributed by atoms with Crippen molar-refractivity contribution < 1.29 is 4.79 Å². The molecule has 4 aromatic rings. The molecule has 0 amide bonds. The largest absolute Gasteiger partial charge is 0.302 e. The van der Waals surface area contributed by atoms with E-state index in [2.05, 4.69) is 108 Å². The van der Waals surface area contributed by atoms with E-state index in [9.17, 15) is 4.79 Å². The van der Waals surface area contributed by atoms with Gasteiger partial charge in [0.15, 0.2) is 0 Å². The van der Waals surface area contributed by atoms with Crippen LogP contribution >= 0.6 is 0 Å². The molecular weight excluding hydrogens is 402 g/mol. The maximum Gasteiger partial charge on any atom is 0.137 e. The predicted molar refractivity (Wildman–Crippen MR) is 136 cm³/mol. The Morgan fingerprint density at radius 1 is 0.697 bits per heavy atom. The van der Waals surface area contributed by atoms with Gasteiger partial charge in [0.1, 0.15) is 6.29 Å². The van der Waals surface area contributed by atoms with Crippen LogP contribution in [0, 0.1) is 0 Å². The zero-order valence-electron chi connectivity index (χ0n) is 18.8. The van der Waals surface area contributed by atoms with Gasteiger partial charge in [-0.3, -0.25) is 4.90 Å². The number of likely N-dealkylation sites (tertiary alicyclic amines) is 1. The molecule has 5 rings (SSSR count). The number of piperidine rings is 1. The number of hydrogen-bond donors (Lipinski definition) is 0. The second kappa shape index (κ2) is 9.97. The SMILES string of the molecule is O=CC1CCCC(c2ccccc2-c2ccccc2)N1Cc1cccc(-c2ccccc2)c1. The Labute approximate surface area is 196 Å². The van der Waals surface area contributed by atoms with E-state index in [1.807, 2.05) is 6.07 Å². The first-order chi connectivity index (χ1) is 16.3. The fourth-order valence-electron chi connectivity index (χ4n) is 5.15. The number of nitrogens with zero attached hydrogens (tertiary/aromatic N) is 1. The van der Waals surface area contributed by atoms with E-state index in [-0.39, 0.29) is 12.1 Å². The quantitative estimate of drug-likeness (QED) is 0.298. The van der Waals surface area contributed by atoms with Crippen LogP contribution in [-0.4, -0.2) is 17.2 Å². The first-order valence-corrected chi connectivity index (χ1v) is 11.8. The van der Waals surface area contributed by atoms with Crippen LogP contribution in [0.25, 0.3) is 22.3 Å². The van der Waals surface area contributed by atoms with Gasteiger partial charge in [-0.2, -0.15) is 0 Å². The van der Waals surface area contributed by atoms with Gasteiger partial charge in [-0.1, -0.05) is 103 Å². The molecule has 2 nitrogen and oxygen atoms in total. The molecule has 2 heteroatoms. The number of carbonyl (C=O) groups excluding carboxylic acids is 1. The summed E-state index contributed by atoms with van der Waals surface area (Å²) < 4.78 is 0. The smallest absolute Gasteiger partial charge is 0.137 e. The molecular formula is C31H29NO. The number of aldehydes is 1. The fourth-order valence-corrected chi connectivity index (χ4v) is 5.15. The first-order valence-electron chi connectivity index (χ1n) is 11.8. The lowest BCUT2D eigenvalue weighted by Crippen LogP contribution is -2.42. The fraction of sp³-hybridized carbons (Fsp3) is 0.194. The average molecular weight is 432 g/mol. The van der Waals surface area contributed by atoms with Crippen molar-refractivity contribution in [2.45, 2.75) is 37.9 Å². The molecule has 1 aliphatic rings. The van der Waals surface area contributed by atoms with Crippen molar-refractivity contribution in [2.24, 2.45) is 0 Å². The summed E-state index contributed by atoms with van der Waals surface area (Å²) in [4.78, 5) is 14.6. The molecule has 0 N–H and O–H groups in total. The van der Waals surface area contributed by atoms with E-state index in [1.165, 1.54) is 33.4 Å². The van der Waals surface area contributed by atoms with E-state index in [4.69, 9.17) is 0 Å². The van der Waals surface area contributed by atoms with Gasteiger partial charge in [-0.25, -0.2) is 0 Å². The third kappa shape index (κ3) is 4.67. The molecule has 0 bridgehead atoms. The maximum atomic E-state index is 12.1. The summed E-state index contributed by atoms with van der Waals surface area (Å²) in [5.41, 5.74) is 7.48. The highest BCUT2D eigenvalue weighted by atomic mass is 16.1. The van der Waals surface area contributed by atoms with E-state index in [1.54, 1.807) is 0 Å². The van der Waals surface area contributed by atoms with Gasteiger partial charge >= 0.3 is 0 Å². The lowest BCUT2D eigenvalue weighted by molar-refractivity contribution is -0.115. The van der Waals surface area contributed by atoms with E-state index >= 15 is 0 Å². The number of hydrogen-bond acceptors (Lipinski definition) is 2. The minimum absolute atomic E-state index is 0.0621. The standard InChI is InChI=1S/C31H29NO/c33-23-28-17-10-20-31(30-19-8-7-18-29(30)26-14-5-2-6-15-26)32(28)22-24-11-9-16-27(21-24)25-12-3-1-4-13-25/h1-9,11-16,18-19,21,23,28,31H,10,17,20,22H2. The van der Waals surface area contributed by atoms with Gasteiger partial charge in [0.2, 0.25) is 0 Å². The Bertz CT molecular complexity index is 1200. The summed E-state index contributed by atoms with van der Waals surface area (Å²) in [6.07, 6.45) is 4.20. The van der Waals surface area contributed by atoms with Crippen LogP contribution in [0.5, 0.6) is 0 Å². The van der Waals surface area contributed by atoms with E-state index in [0.29, 0.717) is 0 Å². The maximum absolute atomic E-state index is 12.1. The summed E-state index contributed by atoms with van der Waals surface area (Å²) >= 11 is 0. The van der Waals surface area contributed by atoms with Crippen LogP contribution in [-0.2, 0) is 11.3 Å². The van der Waals surface area contributed by atoms with Crippen LogP contribution in [0.2, 0.25) is 0 Å². The van der Waals surface area contributed by atoms with E-state index < -0.39 is 0 Å². The van der Waals surface area contributed by atoms with Crippen molar-refractivity contribution in [3.05, 3.63) is 120 Å². The lowest BCUT2D eigenvalue weighted by Gasteiger charge is -2.41. The van der Waals surface area contributed by atoms with Gasteiger partial charge in [-0.15, -0.1) is 0 Å². The Morgan fingerprint density at radius 3 is 2.12 bits per heavy atom. The lowest BCUT2D eigenvalue weighted by atomic mass is 9.86. The zero-order valence-corrected chi connectivity index (χ0v) is 18.8. The molecule has 33 heavy (non-hydrogen) atoms. The third-order valence-corrected chi connectivity index (χ3v) is 6.76. The Kier molecular flexibility index (Phi) is 6.46. The van der Waals surface area contributed by atoms with Crippen LogP contribution in [0.3, 0.4) is 0 Å². The van der Waals surface area contributed by atoms with Crippen LogP contribution in [0.4, 0.5) is 0 Å². The highest BCUT2D eigenvalue weighted by Crippen LogP contribution is 2.39. The summed E-state index contributed by atoms with van der Waals surface area (Å²) in [6.45, 7) is 0.762. The van der Waals surface area contributed by atoms with Crippen molar-refractivity contribution in [1.82, 2.24) is 4.90 Å². The van der Waals surface area contributed by atoms with Crippen molar-refractivity contribution in [3.8, 4) is 22.3 Å². The molecule has 0 aromatic heterocycles. The Morgan fingerprint density at radius 2 is 1.36 bits per heavy atom. The van der Waals surface area contributed by atoms with Crippen LogP contribution < -0.4 is 0 Å². The molecule has 0 radical (unpaired) electrons. The molecule has 1 aliphatic heterocycles. The normalized spacial score (nSPS) is 18.7. The second-order valence-electron chi connectivity index (χ2n) is 8.84. The summed E-state index contributed by atoms with van der Waals surface area (Å²) in [5.74, 6) is 0. The van der Waals surface area contributed by atoms with Crippen molar-refractivity contribution in [3.63, 3.8) is 0 Å². The molecule has 2 atom stereocenters. The van der Waals surface area contributed by atoms with E-state index in [0.717, 1.165) is 32.1 Å². The average Bonchev–Trinajstić information content (AvgIpc) is 2.90. The van der Waals surface area contributed by atoms with Crippen molar-refractivity contribution in [2.75, 3.05) is 0 Å². The molecule has 4 aromatic carbocycles. The molecule has 0 aliphatic carbocycles. The molecule has 1 heterocycles. The summed E-state index contributed by atoms with van der Waals surface area (Å²) in [7, 11) is 0. The molecule has 1 fully saturated rings. The molecule has 1 saturated heterocycles. The third-order valence-electron chi connectivity index (χ3n) is 6.76. The monoisotopic (exact) mass is 431 g/mol. The van der Waals surface area contributed by atoms with Gasteiger partial charge in [0.25, 0.3) is 0 Å². The van der Waals surface area contributed by atoms with Gasteiger partial charge in [-0.05, 0) is 58.7 Å². The molecule has 0 spiro atoms. The van der Waals surface area contributed by atoms with Gasteiger partial charge in [0.05, 0.1) is 6.04 Å². The van der Waals surface area contributed by atoms with Crippen molar-refractivity contribution in [1.29, 1.82) is 0 Å². The summed E-state index contributed by atoms with van der Waals surface area (Å²) in [6, 6.07) is 38.7. The molecule has 2 unspecified atom stereocenters. The van der Waals surface area contributed by atoms with Crippen molar-refractivity contribution >= 4 is 6.29 Å². The number of benzene rings is 4. The topological polar surface area (TPSA) is 20.3 Å². The number of rotatable bonds is 6. The molecule has 164 valence electrons. The Hall–Kier alpha value is -3.49. The highest BCUT2D eigenvalue weighted by Gasteiger charge is 2.32. The van der Waals surface area contributed by atoms with Crippen LogP contribution in [0.15, 0.2) is 109 Å². The second-order valence-corrected chi connectivity index (χ2v) is 8.84. The summed E-state index contributed by atoms with van der Waals surface area (Å²) in [5, 5.41) is 0. The number of carbonyl (C=O) groups is 1. The van der Waals surface area contributed by atoms with Gasteiger partial charge < -0.3 is 4.79 Å². The molecule has 0 saturated carbocycles.